The Morgan fingerprint density at radius 1 is 1.07 bits per heavy atom. The van der Waals surface area contributed by atoms with Gasteiger partial charge in [0.15, 0.2) is 0 Å². The molecular formula is C13H30N2. The van der Waals surface area contributed by atoms with Gasteiger partial charge in [-0.15, -0.1) is 0 Å². The highest BCUT2D eigenvalue weighted by Crippen LogP contribution is 2.03. The maximum atomic E-state index is 3.72. The van der Waals surface area contributed by atoms with E-state index in [9.17, 15) is 0 Å². The highest BCUT2D eigenvalue weighted by Gasteiger charge is 2.11. The van der Waals surface area contributed by atoms with Gasteiger partial charge in [0, 0.05) is 18.6 Å². The Morgan fingerprint density at radius 3 is 2.07 bits per heavy atom. The molecule has 0 fully saturated rings. The molecule has 0 saturated carbocycles. The molecule has 1 N–H and O–H groups in total. The van der Waals surface area contributed by atoms with Crippen LogP contribution in [0.4, 0.5) is 0 Å². The van der Waals surface area contributed by atoms with Crippen LogP contribution in [0.1, 0.15) is 53.9 Å². The van der Waals surface area contributed by atoms with Gasteiger partial charge in [-0.3, -0.25) is 0 Å². The summed E-state index contributed by atoms with van der Waals surface area (Å²) in [5.74, 6) is 0. The number of likely N-dealkylation sites (N-methyl/N-ethyl adjacent to an activating group) is 1. The molecule has 0 aliphatic rings. The van der Waals surface area contributed by atoms with Crippen LogP contribution in [0.2, 0.25) is 0 Å². The molecule has 0 radical (unpaired) electrons. The third-order valence-corrected chi connectivity index (χ3v) is 3.08. The van der Waals surface area contributed by atoms with Crippen molar-refractivity contribution in [3.05, 3.63) is 0 Å². The Hall–Kier alpha value is -0.0800. The Balaban J connectivity index is 3.82. The Bertz CT molecular complexity index is 132. The third kappa shape index (κ3) is 6.91. The minimum absolute atomic E-state index is 0.612. The van der Waals surface area contributed by atoms with Crippen molar-refractivity contribution in [2.45, 2.75) is 66.0 Å². The van der Waals surface area contributed by atoms with Crippen molar-refractivity contribution in [1.29, 1.82) is 0 Å². The summed E-state index contributed by atoms with van der Waals surface area (Å²) in [6.07, 6.45) is 3.83. The fourth-order valence-corrected chi connectivity index (χ4v) is 2.08. The lowest BCUT2D eigenvalue weighted by Gasteiger charge is -2.27. The summed E-state index contributed by atoms with van der Waals surface area (Å²) in [6.45, 7) is 14.8. The topological polar surface area (TPSA) is 15.3 Å². The van der Waals surface area contributed by atoms with Crippen molar-refractivity contribution in [2.24, 2.45) is 0 Å². The van der Waals surface area contributed by atoms with E-state index in [4.69, 9.17) is 0 Å². The summed E-state index contributed by atoms with van der Waals surface area (Å²) in [5, 5.41) is 3.72. The fraction of sp³-hybridized carbons (Fsp3) is 1.00. The zero-order valence-corrected chi connectivity index (χ0v) is 11.3. The van der Waals surface area contributed by atoms with Gasteiger partial charge in [-0.2, -0.15) is 0 Å². The van der Waals surface area contributed by atoms with Crippen LogP contribution in [0, 0.1) is 0 Å². The predicted octanol–water partition coefficient (Wildman–Crippen LogP) is 2.89. The van der Waals surface area contributed by atoms with E-state index >= 15 is 0 Å². The largest absolute Gasteiger partial charge is 0.310 e. The minimum Gasteiger partial charge on any atom is -0.310 e. The number of hydrogen-bond donors (Lipinski definition) is 1. The second kappa shape index (κ2) is 9.17. The average molecular weight is 214 g/mol. The van der Waals surface area contributed by atoms with Crippen LogP contribution in [-0.2, 0) is 0 Å². The van der Waals surface area contributed by atoms with Gasteiger partial charge in [-0.05, 0) is 32.9 Å². The van der Waals surface area contributed by atoms with Crippen LogP contribution in [0.25, 0.3) is 0 Å². The first-order chi connectivity index (χ1) is 7.17. The molecule has 15 heavy (non-hydrogen) atoms. The van der Waals surface area contributed by atoms with Crippen LogP contribution >= 0.6 is 0 Å². The number of rotatable bonds is 9. The summed E-state index contributed by atoms with van der Waals surface area (Å²) in [6, 6.07) is 1.32. The number of nitrogens with one attached hydrogen (secondary N) is 1. The molecule has 0 rings (SSSR count). The molecule has 92 valence electrons. The summed E-state index contributed by atoms with van der Waals surface area (Å²) < 4.78 is 0. The molecule has 0 heterocycles. The van der Waals surface area contributed by atoms with E-state index in [2.05, 4.69) is 44.8 Å². The van der Waals surface area contributed by atoms with Crippen molar-refractivity contribution in [3.63, 3.8) is 0 Å². The molecular weight excluding hydrogens is 184 g/mol. The van der Waals surface area contributed by atoms with Gasteiger partial charge in [0.25, 0.3) is 0 Å². The quantitative estimate of drug-likeness (QED) is 0.635. The lowest BCUT2D eigenvalue weighted by molar-refractivity contribution is 0.257. The third-order valence-electron chi connectivity index (χ3n) is 3.08. The van der Waals surface area contributed by atoms with E-state index in [0.717, 1.165) is 13.1 Å². The second-order valence-corrected chi connectivity index (χ2v) is 4.45. The van der Waals surface area contributed by atoms with E-state index in [1.54, 1.807) is 0 Å². The number of nitrogens with zero attached hydrogens (tertiary/aromatic N) is 1. The molecule has 0 aliphatic carbocycles. The summed E-state index contributed by atoms with van der Waals surface area (Å²) in [7, 11) is 0. The molecule has 0 aromatic rings. The number of hydrogen-bond acceptors (Lipinski definition) is 2. The van der Waals surface area contributed by atoms with E-state index in [1.807, 2.05) is 0 Å². The van der Waals surface area contributed by atoms with Crippen LogP contribution in [-0.4, -0.2) is 36.6 Å². The monoisotopic (exact) mass is 214 g/mol. The van der Waals surface area contributed by atoms with E-state index in [1.165, 1.54) is 25.8 Å². The summed E-state index contributed by atoms with van der Waals surface area (Å²) in [5.41, 5.74) is 0. The maximum absolute atomic E-state index is 3.72. The highest BCUT2D eigenvalue weighted by atomic mass is 15.1. The molecule has 0 aromatic carbocycles. The van der Waals surface area contributed by atoms with Crippen molar-refractivity contribution in [3.8, 4) is 0 Å². The first kappa shape index (κ1) is 14.9. The zero-order valence-electron chi connectivity index (χ0n) is 11.3. The summed E-state index contributed by atoms with van der Waals surface area (Å²) >= 11 is 0. The zero-order chi connectivity index (χ0) is 11.7. The fourth-order valence-electron chi connectivity index (χ4n) is 2.08. The lowest BCUT2D eigenvalue weighted by Crippen LogP contribution is -2.43. The van der Waals surface area contributed by atoms with Gasteiger partial charge in [-0.25, -0.2) is 0 Å². The van der Waals surface area contributed by atoms with Gasteiger partial charge in [0.1, 0.15) is 0 Å². The molecule has 2 unspecified atom stereocenters. The molecule has 0 amide bonds. The smallest absolute Gasteiger partial charge is 0.0169 e. The molecule has 0 spiro atoms. The van der Waals surface area contributed by atoms with Gasteiger partial charge >= 0.3 is 0 Å². The lowest BCUT2D eigenvalue weighted by atomic mass is 10.1. The van der Waals surface area contributed by atoms with Gasteiger partial charge in [0.05, 0.1) is 0 Å². The van der Waals surface area contributed by atoms with E-state index in [-0.39, 0.29) is 0 Å². The predicted molar refractivity (Wildman–Crippen MR) is 69.4 cm³/mol. The van der Waals surface area contributed by atoms with E-state index < -0.39 is 0 Å². The minimum atomic E-state index is 0.612. The van der Waals surface area contributed by atoms with Crippen molar-refractivity contribution >= 4 is 0 Å². The molecule has 0 saturated heterocycles. The Kier molecular flexibility index (Phi) is 9.12. The van der Waals surface area contributed by atoms with Gasteiger partial charge in [-0.1, -0.05) is 34.1 Å². The first-order valence-electron chi connectivity index (χ1n) is 6.66. The Morgan fingerprint density at radius 2 is 1.67 bits per heavy atom. The Labute approximate surface area is 96.4 Å². The molecule has 2 heteroatoms. The van der Waals surface area contributed by atoms with Gasteiger partial charge < -0.3 is 10.2 Å². The first-order valence-corrected chi connectivity index (χ1v) is 6.66. The highest BCUT2D eigenvalue weighted by molar-refractivity contribution is 4.72. The molecule has 0 bridgehead atoms. The van der Waals surface area contributed by atoms with Crippen LogP contribution in [0.3, 0.4) is 0 Å². The van der Waals surface area contributed by atoms with E-state index in [0.29, 0.717) is 12.1 Å². The van der Waals surface area contributed by atoms with Crippen molar-refractivity contribution in [2.75, 3.05) is 19.6 Å². The average Bonchev–Trinajstić information content (AvgIpc) is 2.25. The summed E-state index contributed by atoms with van der Waals surface area (Å²) in [4.78, 5) is 2.48. The molecule has 2 atom stereocenters. The van der Waals surface area contributed by atoms with Crippen LogP contribution < -0.4 is 5.32 Å². The van der Waals surface area contributed by atoms with Crippen molar-refractivity contribution in [1.82, 2.24) is 10.2 Å². The SMILES string of the molecule is CCCC(CC)NC(C)CN(CC)CC. The molecule has 0 aliphatic heterocycles. The molecule has 0 aromatic heterocycles. The van der Waals surface area contributed by atoms with Crippen LogP contribution in [0.5, 0.6) is 0 Å². The van der Waals surface area contributed by atoms with Crippen LogP contribution in [0.15, 0.2) is 0 Å². The second-order valence-electron chi connectivity index (χ2n) is 4.45. The normalized spacial score (nSPS) is 15.6. The van der Waals surface area contributed by atoms with Gasteiger partial charge in [0.2, 0.25) is 0 Å². The standard InChI is InChI=1S/C13H30N2/c1-6-10-13(7-2)14-12(5)11-15(8-3)9-4/h12-14H,6-11H2,1-5H3. The molecule has 2 nitrogen and oxygen atoms in total. The van der Waals surface area contributed by atoms with Crippen molar-refractivity contribution < 1.29 is 0 Å². The maximum Gasteiger partial charge on any atom is 0.0169 e.